The molecule has 0 aliphatic carbocycles. The number of nitrogens with zero attached hydrogens (tertiary/aromatic N) is 2. The molecule has 0 saturated heterocycles. The molecule has 0 N–H and O–H groups in total. The summed E-state index contributed by atoms with van der Waals surface area (Å²) in [4.78, 5) is 20.2. The van der Waals surface area contributed by atoms with E-state index in [0.29, 0.717) is 12.1 Å². The van der Waals surface area contributed by atoms with E-state index in [4.69, 9.17) is 9.47 Å². The molecule has 0 saturated carbocycles. The van der Waals surface area contributed by atoms with Crippen molar-refractivity contribution in [1.82, 2.24) is 0 Å². The summed E-state index contributed by atoms with van der Waals surface area (Å²) >= 11 is 0. The maximum absolute atomic E-state index is 13.6. The minimum absolute atomic E-state index is 0.101. The zero-order valence-electron chi connectivity index (χ0n) is 28.0. The third-order valence-corrected chi connectivity index (χ3v) is 8.87. The fourth-order valence-electron chi connectivity index (χ4n) is 5.65. The smallest absolute Gasteiger partial charge is 0.420 e. The van der Waals surface area contributed by atoms with Crippen molar-refractivity contribution in [2.24, 2.45) is 0 Å². The standard InChI is InChI=1S/C38H30F6N2O6/c1-35(2,23-8-14-29(15-9-23)51-33-18-12-27(45(47)48)21-31(33)37(39,40)41)25-6-5-7-26(20-25)36(3,4)24-10-16-30(17-11-24)52-34-19-13-28(46(49)50)22-32(34)38(42,43)44/h5-22H,1-4H3. The molecule has 52 heavy (non-hydrogen) atoms. The number of nitro benzene ring substituents is 2. The maximum atomic E-state index is 13.6. The van der Waals surface area contributed by atoms with E-state index >= 15 is 0 Å². The zero-order valence-corrected chi connectivity index (χ0v) is 28.0. The van der Waals surface area contributed by atoms with Gasteiger partial charge >= 0.3 is 12.4 Å². The van der Waals surface area contributed by atoms with Crippen molar-refractivity contribution in [3.8, 4) is 23.0 Å². The molecule has 0 aromatic heterocycles. The third kappa shape index (κ3) is 7.85. The van der Waals surface area contributed by atoms with Crippen LogP contribution in [-0.4, -0.2) is 9.85 Å². The first-order valence-corrected chi connectivity index (χ1v) is 15.6. The van der Waals surface area contributed by atoms with E-state index in [9.17, 15) is 46.6 Å². The van der Waals surface area contributed by atoms with Crippen LogP contribution in [0, 0.1) is 20.2 Å². The highest BCUT2D eigenvalue weighted by atomic mass is 19.4. The number of hydrogen-bond donors (Lipinski definition) is 0. The first kappa shape index (κ1) is 37.3. The Kier molecular flexibility index (Phi) is 9.81. The molecule has 0 fully saturated rings. The second-order valence-corrected chi connectivity index (χ2v) is 13.0. The maximum Gasteiger partial charge on any atom is 0.420 e. The Morgan fingerprint density at radius 3 is 1.13 bits per heavy atom. The molecule has 0 aliphatic rings. The van der Waals surface area contributed by atoms with Gasteiger partial charge in [-0.15, -0.1) is 0 Å². The van der Waals surface area contributed by atoms with Gasteiger partial charge in [-0.1, -0.05) is 76.2 Å². The molecule has 5 aromatic rings. The van der Waals surface area contributed by atoms with Crippen molar-refractivity contribution < 1.29 is 45.7 Å². The number of benzene rings is 5. The second-order valence-electron chi connectivity index (χ2n) is 13.0. The lowest BCUT2D eigenvalue weighted by Gasteiger charge is -2.31. The van der Waals surface area contributed by atoms with Gasteiger partial charge in [-0.2, -0.15) is 26.3 Å². The number of ether oxygens (including phenoxy) is 2. The molecule has 5 aromatic carbocycles. The molecule has 8 nitrogen and oxygen atoms in total. The first-order valence-electron chi connectivity index (χ1n) is 15.6. The molecule has 0 aliphatic heterocycles. The quantitative estimate of drug-likeness (QED) is 0.0806. The van der Waals surface area contributed by atoms with Gasteiger partial charge < -0.3 is 9.47 Å². The molecule has 0 unspecified atom stereocenters. The Morgan fingerprint density at radius 1 is 0.481 bits per heavy atom. The van der Waals surface area contributed by atoms with Gasteiger partial charge in [0.25, 0.3) is 11.4 Å². The summed E-state index contributed by atoms with van der Waals surface area (Å²) in [5.74, 6) is -0.942. The fraction of sp³-hybridized carbons (Fsp3) is 0.211. The largest absolute Gasteiger partial charge is 0.457 e. The molecule has 0 spiro atoms. The van der Waals surface area contributed by atoms with Gasteiger partial charge in [-0.3, -0.25) is 20.2 Å². The van der Waals surface area contributed by atoms with Crippen molar-refractivity contribution in [2.45, 2.75) is 50.9 Å². The second kappa shape index (κ2) is 13.7. The summed E-state index contributed by atoms with van der Waals surface area (Å²) in [5.41, 5.74) is -1.67. The number of alkyl halides is 6. The lowest BCUT2D eigenvalue weighted by Crippen LogP contribution is -2.22. The minimum atomic E-state index is -4.88. The molecule has 0 radical (unpaired) electrons. The van der Waals surface area contributed by atoms with Gasteiger partial charge in [-0.25, -0.2) is 0 Å². The van der Waals surface area contributed by atoms with E-state index in [2.05, 4.69) is 0 Å². The molecule has 5 rings (SSSR count). The zero-order chi connectivity index (χ0) is 38.2. The lowest BCUT2D eigenvalue weighted by molar-refractivity contribution is -0.385. The monoisotopic (exact) mass is 724 g/mol. The summed E-state index contributed by atoms with van der Waals surface area (Å²) in [7, 11) is 0. The van der Waals surface area contributed by atoms with E-state index in [0.717, 1.165) is 46.5 Å². The Balaban J connectivity index is 1.36. The van der Waals surface area contributed by atoms with Crippen LogP contribution in [0.2, 0.25) is 0 Å². The van der Waals surface area contributed by atoms with Crippen molar-refractivity contribution >= 4 is 11.4 Å². The van der Waals surface area contributed by atoms with Crippen LogP contribution in [0.5, 0.6) is 23.0 Å². The van der Waals surface area contributed by atoms with Crippen molar-refractivity contribution in [3.05, 3.63) is 163 Å². The van der Waals surface area contributed by atoms with E-state index in [1.807, 2.05) is 52.0 Å². The summed E-state index contributed by atoms with van der Waals surface area (Å²) in [6.45, 7) is 7.92. The van der Waals surface area contributed by atoms with Gasteiger partial charge in [-0.05, 0) is 58.7 Å². The van der Waals surface area contributed by atoms with Gasteiger partial charge in [0.15, 0.2) is 0 Å². The first-order chi connectivity index (χ1) is 24.2. The van der Waals surface area contributed by atoms with E-state index in [1.54, 1.807) is 24.3 Å². The van der Waals surface area contributed by atoms with Gasteiger partial charge in [0.1, 0.15) is 34.1 Å². The number of rotatable bonds is 10. The number of nitro groups is 2. The van der Waals surface area contributed by atoms with Crippen LogP contribution in [0.4, 0.5) is 37.7 Å². The molecular formula is C38H30F6N2O6. The summed E-state index contributed by atoms with van der Waals surface area (Å²) in [5, 5.41) is 22.0. The van der Waals surface area contributed by atoms with Crippen LogP contribution in [0.25, 0.3) is 0 Å². The SMILES string of the molecule is CC(C)(c1ccc(Oc2ccc([N+](=O)[O-])cc2C(F)(F)F)cc1)c1cccc(C(C)(C)c2ccc(Oc3ccc([N+](=O)[O-])cc3C(F)(F)F)cc2)c1. The molecule has 270 valence electrons. The number of hydrogen-bond acceptors (Lipinski definition) is 6. The number of halogens is 6. The molecule has 0 atom stereocenters. The minimum Gasteiger partial charge on any atom is -0.457 e. The third-order valence-electron chi connectivity index (χ3n) is 8.87. The van der Waals surface area contributed by atoms with Crippen molar-refractivity contribution in [3.63, 3.8) is 0 Å². The highest BCUT2D eigenvalue weighted by Gasteiger charge is 2.38. The van der Waals surface area contributed by atoms with Gasteiger partial charge in [0, 0.05) is 35.1 Å². The average molecular weight is 725 g/mol. The predicted molar refractivity (Wildman–Crippen MR) is 180 cm³/mol. The molecule has 0 bridgehead atoms. The van der Waals surface area contributed by atoms with E-state index in [-0.39, 0.29) is 11.5 Å². The van der Waals surface area contributed by atoms with Crippen molar-refractivity contribution in [2.75, 3.05) is 0 Å². The Bertz CT molecular complexity index is 1980. The highest BCUT2D eigenvalue weighted by molar-refractivity contribution is 5.50. The topological polar surface area (TPSA) is 105 Å². The normalized spacial score (nSPS) is 12.3. The predicted octanol–water partition coefficient (Wildman–Crippen LogP) is 11.8. The molecule has 0 heterocycles. The highest BCUT2D eigenvalue weighted by Crippen LogP contribution is 2.43. The molecule has 0 amide bonds. The van der Waals surface area contributed by atoms with Crippen LogP contribution >= 0.6 is 0 Å². The van der Waals surface area contributed by atoms with Crippen LogP contribution in [0.15, 0.2) is 109 Å². The summed E-state index contributed by atoms with van der Waals surface area (Å²) in [6, 6.07) is 25.3. The number of non-ortho nitro benzene ring substituents is 2. The molecular weight excluding hydrogens is 694 g/mol. The lowest BCUT2D eigenvalue weighted by atomic mass is 9.73. The molecule has 14 heteroatoms. The Labute approximate surface area is 293 Å². The summed E-state index contributed by atoms with van der Waals surface area (Å²) in [6.07, 6.45) is -9.76. The Hall–Kier alpha value is -5.92. The van der Waals surface area contributed by atoms with E-state index < -0.39 is 67.0 Å². The van der Waals surface area contributed by atoms with Crippen LogP contribution < -0.4 is 9.47 Å². The van der Waals surface area contributed by atoms with Crippen LogP contribution in [-0.2, 0) is 23.2 Å². The summed E-state index contributed by atoms with van der Waals surface area (Å²) < 4.78 is 92.9. The average Bonchev–Trinajstić information content (AvgIpc) is 3.08. The van der Waals surface area contributed by atoms with Gasteiger partial charge in [0.2, 0.25) is 0 Å². The fourth-order valence-corrected chi connectivity index (χ4v) is 5.65. The van der Waals surface area contributed by atoms with Crippen LogP contribution in [0.3, 0.4) is 0 Å². The van der Waals surface area contributed by atoms with Crippen molar-refractivity contribution in [1.29, 1.82) is 0 Å². The van der Waals surface area contributed by atoms with Gasteiger partial charge in [0.05, 0.1) is 9.85 Å². The Morgan fingerprint density at radius 2 is 0.827 bits per heavy atom. The van der Waals surface area contributed by atoms with Crippen LogP contribution in [0.1, 0.15) is 61.1 Å². The van der Waals surface area contributed by atoms with E-state index in [1.165, 1.54) is 24.3 Å².